The molecule has 0 unspecified atom stereocenters. The van der Waals surface area contributed by atoms with Gasteiger partial charge in [-0.2, -0.15) is 5.10 Å². The van der Waals surface area contributed by atoms with Gasteiger partial charge in [0.15, 0.2) is 0 Å². The topological polar surface area (TPSA) is 79.7 Å². The molecule has 1 aliphatic carbocycles. The minimum atomic E-state index is 0.0155. The molecule has 0 radical (unpaired) electrons. The van der Waals surface area contributed by atoms with Crippen molar-refractivity contribution in [3.8, 4) is 11.3 Å². The van der Waals surface area contributed by atoms with Gasteiger partial charge in [-0.05, 0) is 56.8 Å². The average molecular weight is 390 g/mol. The number of aromatic amines is 1. The third-order valence-corrected chi connectivity index (χ3v) is 6.15. The van der Waals surface area contributed by atoms with Gasteiger partial charge in [0.1, 0.15) is 0 Å². The number of hydrogen-bond acceptors (Lipinski definition) is 5. The SMILES string of the molecule is O=c1cc(-c2ccncc2)ncn1CC1CCN(Cc2cn[nH]c2C2CC2)CC1. The number of piperidine rings is 1. The highest BCUT2D eigenvalue weighted by atomic mass is 16.1. The fourth-order valence-corrected chi connectivity index (χ4v) is 4.26. The Labute approximate surface area is 169 Å². The fourth-order valence-electron chi connectivity index (χ4n) is 4.26. The van der Waals surface area contributed by atoms with Gasteiger partial charge >= 0.3 is 0 Å². The number of hydrogen-bond donors (Lipinski definition) is 1. The first-order valence-electron chi connectivity index (χ1n) is 10.5. The average Bonchev–Trinajstić information content (AvgIpc) is 3.50. The molecule has 1 saturated carbocycles. The van der Waals surface area contributed by atoms with Crippen LogP contribution in [-0.2, 0) is 13.1 Å². The maximum absolute atomic E-state index is 12.6. The summed E-state index contributed by atoms with van der Waals surface area (Å²) in [5.74, 6) is 1.23. The predicted molar refractivity (Wildman–Crippen MR) is 110 cm³/mol. The van der Waals surface area contributed by atoms with Crippen LogP contribution in [-0.4, -0.2) is 42.7 Å². The van der Waals surface area contributed by atoms with E-state index in [0.717, 1.165) is 44.6 Å². The molecular weight excluding hydrogens is 364 g/mol. The number of aromatic nitrogens is 5. The van der Waals surface area contributed by atoms with E-state index < -0.39 is 0 Å². The quantitative estimate of drug-likeness (QED) is 0.700. The second-order valence-electron chi connectivity index (χ2n) is 8.30. The monoisotopic (exact) mass is 390 g/mol. The van der Waals surface area contributed by atoms with Crippen molar-refractivity contribution >= 4 is 0 Å². The van der Waals surface area contributed by atoms with E-state index in [1.165, 1.54) is 24.1 Å². The van der Waals surface area contributed by atoms with Crippen LogP contribution in [0.5, 0.6) is 0 Å². The number of rotatable bonds is 6. The van der Waals surface area contributed by atoms with Gasteiger partial charge in [0.05, 0.1) is 18.2 Å². The lowest BCUT2D eigenvalue weighted by Gasteiger charge is -2.32. The Kier molecular flexibility index (Phi) is 4.97. The first-order chi connectivity index (χ1) is 14.3. The maximum Gasteiger partial charge on any atom is 0.253 e. The summed E-state index contributed by atoms with van der Waals surface area (Å²) in [4.78, 5) is 23.6. The molecule has 7 nitrogen and oxygen atoms in total. The van der Waals surface area contributed by atoms with E-state index in [-0.39, 0.29) is 5.56 Å². The highest BCUT2D eigenvalue weighted by molar-refractivity contribution is 5.57. The second-order valence-corrected chi connectivity index (χ2v) is 8.30. The summed E-state index contributed by atoms with van der Waals surface area (Å²) in [5.41, 5.74) is 4.34. The lowest BCUT2D eigenvalue weighted by atomic mass is 9.96. The highest BCUT2D eigenvalue weighted by Crippen LogP contribution is 2.40. The Morgan fingerprint density at radius 1 is 1.10 bits per heavy atom. The van der Waals surface area contributed by atoms with Crippen LogP contribution in [0.1, 0.15) is 42.9 Å². The van der Waals surface area contributed by atoms with Crippen LogP contribution in [0.2, 0.25) is 0 Å². The lowest BCUT2D eigenvalue weighted by Crippen LogP contribution is -2.36. The molecule has 2 fully saturated rings. The molecule has 29 heavy (non-hydrogen) atoms. The normalized spacial score (nSPS) is 18.2. The summed E-state index contributed by atoms with van der Waals surface area (Å²) in [6, 6.07) is 5.37. The van der Waals surface area contributed by atoms with Crippen LogP contribution >= 0.6 is 0 Å². The van der Waals surface area contributed by atoms with Crippen molar-refractivity contribution in [2.75, 3.05) is 13.1 Å². The zero-order chi connectivity index (χ0) is 19.6. The number of likely N-dealkylation sites (tertiary alicyclic amines) is 1. The van der Waals surface area contributed by atoms with Crippen molar-refractivity contribution in [1.29, 1.82) is 0 Å². The van der Waals surface area contributed by atoms with Crippen LogP contribution < -0.4 is 5.56 Å². The van der Waals surface area contributed by atoms with Gasteiger partial charge in [0, 0.05) is 54.3 Å². The van der Waals surface area contributed by atoms with E-state index in [1.54, 1.807) is 29.4 Å². The van der Waals surface area contributed by atoms with E-state index in [2.05, 4.69) is 25.1 Å². The van der Waals surface area contributed by atoms with Crippen molar-refractivity contribution < 1.29 is 0 Å². The van der Waals surface area contributed by atoms with Crippen LogP contribution in [0.3, 0.4) is 0 Å². The van der Waals surface area contributed by atoms with Gasteiger partial charge in [-0.25, -0.2) is 4.98 Å². The molecule has 0 aromatic carbocycles. The van der Waals surface area contributed by atoms with E-state index >= 15 is 0 Å². The first kappa shape index (κ1) is 18.2. The van der Waals surface area contributed by atoms with Crippen molar-refractivity contribution in [3.63, 3.8) is 0 Å². The smallest absolute Gasteiger partial charge is 0.253 e. The van der Waals surface area contributed by atoms with Crippen LogP contribution in [0.4, 0.5) is 0 Å². The van der Waals surface area contributed by atoms with E-state index in [0.29, 0.717) is 17.5 Å². The largest absolute Gasteiger partial charge is 0.299 e. The Balaban J connectivity index is 1.17. The third kappa shape index (κ3) is 4.15. The number of nitrogens with zero attached hydrogens (tertiary/aromatic N) is 5. The summed E-state index contributed by atoms with van der Waals surface area (Å²) in [6.45, 7) is 3.86. The number of nitrogens with one attached hydrogen (secondary N) is 1. The molecule has 0 spiro atoms. The molecule has 7 heteroatoms. The summed E-state index contributed by atoms with van der Waals surface area (Å²) < 4.78 is 1.76. The van der Waals surface area contributed by atoms with E-state index in [4.69, 9.17) is 0 Å². The van der Waals surface area contributed by atoms with Gasteiger partial charge in [0.25, 0.3) is 5.56 Å². The Bertz CT molecular complexity index is 1020. The standard InChI is InChI=1S/C22H26N6O/c29-21-11-20(17-3-7-23-8-4-17)24-15-28(21)13-16-5-9-27(10-6-16)14-19-12-25-26-22(19)18-1-2-18/h3-4,7-8,11-12,15-16,18H,1-2,5-6,9-10,13-14H2,(H,25,26). The van der Waals surface area contributed by atoms with E-state index in [9.17, 15) is 4.79 Å². The third-order valence-electron chi connectivity index (χ3n) is 6.15. The fraction of sp³-hybridized carbons (Fsp3) is 0.455. The Morgan fingerprint density at radius 2 is 1.90 bits per heavy atom. The van der Waals surface area contributed by atoms with Crippen LogP contribution in [0.15, 0.2) is 47.9 Å². The predicted octanol–water partition coefficient (Wildman–Crippen LogP) is 2.82. The first-order valence-corrected chi connectivity index (χ1v) is 10.5. The molecule has 3 aromatic heterocycles. The zero-order valence-corrected chi connectivity index (χ0v) is 16.5. The van der Waals surface area contributed by atoms with E-state index in [1.807, 2.05) is 18.3 Å². The van der Waals surface area contributed by atoms with Crippen molar-refractivity contribution in [2.45, 2.75) is 44.7 Å². The Hall–Kier alpha value is -2.80. The van der Waals surface area contributed by atoms with Crippen LogP contribution in [0.25, 0.3) is 11.3 Å². The second kappa shape index (κ2) is 7.91. The molecule has 3 aromatic rings. The maximum atomic E-state index is 12.6. The van der Waals surface area contributed by atoms with Crippen LogP contribution in [0, 0.1) is 5.92 Å². The van der Waals surface area contributed by atoms with Gasteiger partial charge in [-0.15, -0.1) is 0 Å². The molecule has 1 N–H and O–H groups in total. The van der Waals surface area contributed by atoms with Gasteiger partial charge < -0.3 is 0 Å². The molecule has 2 aliphatic rings. The number of pyridine rings is 1. The number of H-pyrrole nitrogens is 1. The zero-order valence-electron chi connectivity index (χ0n) is 16.5. The molecule has 5 rings (SSSR count). The van der Waals surface area contributed by atoms with Gasteiger partial charge in [-0.1, -0.05) is 0 Å². The molecule has 0 amide bonds. The van der Waals surface area contributed by atoms with Crippen molar-refractivity contribution in [3.05, 3.63) is 64.7 Å². The molecule has 4 heterocycles. The molecule has 0 atom stereocenters. The summed E-state index contributed by atoms with van der Waals surface area (Å²) >= 11 is 0. The minimum Gasteiger partial charge on any atom is -0.299 e. The van der Waals surface area contributed by atoms with Crippen molar-refractivity contribution in [1.82, 2.24) is 29.6 Å². The Morgan fingerprint density at radius 3 is 2.62 bits per heavy atom. The van der Waals surface area contributed by atoms with Gasteiger partial charge in [0.2, 0.25) is 0 Å². The minimum absolute atomic E-state index is 0.0155. The van der Waals surface area contributed by atoms with Crippen molar-refractivity contribution in [2.24, 2.45) is 5.92 Å². The summed E-state index contributed by atoms with van der Waals surface area (Å²) in [5, 5.41) is 7.45. The molecule has 150 valence electrons. The summed E-state index contributed by atoms with van der Waals surface area (Å²) in [6.07, 6.45) is 11.9. The molecule has 1 aliphatic heterocycles. The highest BCUT2D eigenvalue weighted by Gasteiger charge is 2.29. The molecule has 1 saturated heterocycles. The molecule has 0 bridgehead atoms. The summed E-state index contributed by atoms with van der Waals surface area (Å²) in [7, 11) is 0. The lowest BCUT2D eigenvalue weighted by molar-refractivity contribution is 0.166. The van der Waals surface area contributed by atoms with Gasteiger partial charge in [-0.3, -0.25) is 24.3 Å². The molecular formula is C22H26N6O.